The Morgan fingerprint density at radius 2 is 1.96 bits per heavy atom. The highest BCUT2D eigenvalue weighted by Crippen LogP contribution is 2.31. The van der Waals surface area contributed by atoms with Crippen LogP contribution in [-0.4, -0.2) is 23.3 Å². The average Bonchev–Trinajstić information content (AvgIpc) is 2.95. The minimum absolute atomic E-state index is 0.0972. The fraction of sp³-hybridized carbons (Fsp3) is 0.429. The Balaban J connectivity index is 1.54. The third-order valence-corrected chi connectivity index (χ3v) is 5.29. The fourth-order valence-corrected chi connectivity index (χ4v) is 3.85. The van der Waals surface area contributed by atoms with Gasteiger partial charge in [0.1, 0.15) is 5.75 Å². The molecule has 1 heterocycles. The van der Waals surface area contributed by atoms with Gasteiger partial charge in [-0.1, -0.05) is 30.9 Å². The number of aromatic nitrogens is 1. The lowest BCUT2D eigenvalue weighted by atomic mass is 9.95. The van der Waals surface area contributed by atoms with Gasteiger partial charge >= 0.3 is 0 Å². The third-order valence-electron chi connectivity index (χ3n) is 5.04. The maximum absolute atomic E-state index is 11.9. The van der Waals surface area contributed by atoms with E-state index in [2.05, 4.69) is 35.0 Å². The topological polar surface area (TPSA) is 55.6 Å². The lowest BCUT2D eigenvalue weighted by Gasteiger charge is -2.26. The van der Waals surface area contributed by atoms with Crippen molar-refractivity contribution < 1.29 is 9.53 Å². The maximum Gasteiger partial charge on any atom is 0.277 e. The minimum atomic E-state index is -0.303. The second-order valence-corrected chi connectivity index (χ2v) is 7.46. The average molecular weight is 388 g/mol. The number of hydrogen-bond donors (Lipinski definition) is 1. The summed E-state index contributed by atoms with van der Waals surface area (Å²) in [5.41, 5.74) is 6.01. The van der Waals surface area contributed by atoms with E-state index in [0.29, 0.717) is 16.8 Å². The summed E-state index contributed by atoms with van der Waals surface area (Å²) in [4.78, 5) is 11.9. The molecule has 1 aromatic carbocycles. The number of hydrazone groups is 1. The van der Waals surface area contributed by atoms with Crippen molar-refractivity contribution in [1.82, 2.24) is 9.99 Å². The Bertz CT molecular complexity index is 806. The monoisotopic (exact) mass is 387 g/mol. The van der Waals surface area contributed by atoms with Crippen LogP contribution in [0.4, 0.5) is 0 Å². The first-order valence-electron chi connectivity index (χ1n) is 9.43. The minimum Gasteiger partial charge on any atom is -0.484 e. The van der Waals surface area contributed by atoms with Crippen LogP contribution >= 0.6 is 11.6 Å². The Kier molecular flexibility index (Phi) is 6.56. The number of carbonyl (C=O) groups is 1. The van der Waals surface area contributed by atoms with Crippen molar-refractivity contribution in [3.8, 4) is 5.75 Å². The second-order valence-electron chi connectivity index (χ2n) is 7.02. The van der Waals surface area contributed by atoms with Gasteiger partial charge in [0.25, 0.3) is 5.91 Å². The maximum atomic E-state index is 11.9. The van der Waals surface area contributed by atoms with E-state index >= 15 is 0 Å². The molecule has 0 unspecified atom stereocenters. The predicted molar refractivity (Wildman–Crippen MR) is 109 cm³/mol. The van der Waals surface area contributed by atoms with Crippen LogP contribution in [0.2, 0.25) is 5.02 Å². The summed E-state index contributed by atoms with van der Waals surface area (Å²) < 4.78 is 7.83. The van der Waals surface area contributed by atoms with Crippen molar-refractivity contribution in [2.45, 2.75) is 52.0 Å². The molecule has 5 nitrogen and oxygen atoms in total. The summed E-state index contributed by atoms with van der Waals surface area (Å²) in [6.45, 7) is 4.16. The molecule has 1 aliphatic carbocycles. The Hall–Kier alpha value is -2.27. The van der Waals surface area contributed by atoms with E-state index in [-0.39, 0.29) is 12.5 Å². The number of halogens is 1. The van der Waals surface area contributed by atoms with E-state index in [0.717, 1.165) is 5.56 Å². The van der Waals surface area contributed by atoms with Crippen LogP contribution in [0.1, 0.15) is 55.1 Å². The van der Waals surface area contributed by atoms with Crippen LogP contribution in [0.3, 0.4) is 0 Å². The fourth-order valence-electron chi connectivity index (χ4n) is 3.72. The van der Waals surface area contributed by atoms with Crippen LogP contribution in [-0.2, 0) is 4.79 Å². The Morgan fingerprint density at radius 3 is 2.67 bits per heavy atom. The molecule has 0 radical (unpaired) electrons. The summed E-state index contributed by atoms with van der Waals surface area (Å²) >= 11 is 5.82. The molecule has 1 aliphatic rings. The molecule has 2 aromatic rings. The number of nitrogens with one attached hydrogen (secondary N) is 1. The molecule has 0 spiro atoms. The van der Waals surface area contributed by atoms with Crippen LogP contribution in [0.15, 0.2) is 35.4 Å². The van der Waals surface area contributed by atoms with E-state index in [1.807, 2.05) is 0 Å². The van der Waals surface area contributed by atoms with Gasteiger partial charge in [-0.05, 0) is 57.0 Å². The number of aryl methyl sites for hydroxylation is 1. The van der Waals surface area contributed by atoms with Gasteiger partial charge in [-0.3, -0.25) is 4.79 Å². The van der Waals surface area contributed by atoms with Crippen molar-refractivity contribution in [1.29, 1.82) is 0 Å². The van der Waals surface area contributed by atoms with Gasteiger partial charge in [-0.15, -0.1) is 0 Å². The first-order chi connectivity index (χ1) is 13.0. The lowest BCUT2D eigenvalue weighted by Crippen LogP contribution is -2.24. The lowest BCUT2D eigenvalue weighted by molar-refractivity contribution is -0.123. The van der Waals surface area contributed by atoms with Crippen molar-refractivity contribution in [2.75, 3.05) is 6.61 Å². The smallest absolute Gasteiger partial charge is 0.277 e. The summed E-state index contributed by atoms with van der Waals surface area (Å²) in [5.74, 6) is 0.289. The molecule has 1 saturated carbocycles. The zero-order chi connectivity index (χ0) is 19.2. The van der Waals surface area contributed by atoms with Gasteiger partial charge in [0, 0.05) is 28.0 Å². The van der Waals surface area contributed by atoms with E-state index in [1.165, 1.54) is 43.5 Å². The van der Waals surface area contributed by atoms with E-state index in [9.17, 15) is 4.79 Å². The van der Waals surface area contributed by atoms with Crippen molar-refractivity contribution in [3.63, 3.8) is 0 Å². The molecule has 0 bridgehead atoms. The molecule has 6 heteroatoms. The molecule has 1 fully saturated rings. The molecule has 27 heavy (non-hydrogen) atoms. The largest absolute Gasteiger partial charge is 0.484 e. The van der Waals surface area contributed by atoms with E-state index < -0.39 is 0 Å². The molecule has 1 amide bonds. The van der Waals surface area contributed by atoms with Crippen LogP contribution in [0, 0.1) is 13.8 Å². The highest BCUT2D eigenvalue weighted by Gasteiger charge is 2.19. The van der Waals surface area contributed by atoms with Crippen molar-refractivity contribution in [2.24, 2.45) is 5.10 Å². The van der Waals surface area contributed by atoms with Gasteiger partial charge in [-0.2, -0.15) is 5.10 Å². The predicted octanol–water partition coefficient (Wildman–Crippen LogP) is 4.79. The van der Waals surface area contributed by atoms with Gasteiger partial charge in [0.05, 0.1) is 6.21 Å². The molecular formula is C21H26ClN3O2. The first-order valence-corrected chi connectivity index (χ1v) is 9.81. The molecule has 0 atom stereocenters. The number of amides is 1. The number of ether oxygens (including phenoxy) is 1. The molecule has 144 valence electrons. The van der Waals surface area contributed by atoms with Crippen LogP contribution in [0.25, 0.3) is 0 Å². The van der Waals surface area contributed by atoms with E-state index in [4.69, 9.17) is 16.3 Å². The van der Waals surface area contributed by atoms with Gasteiger partial charge < -0.3 is 9.30 Å². The van der Waals surface area contributed by atoms with Gasteiger partial charge in [0.2, 0.25) is 0 Å². The Morgan fingerprint density at radius 1 is 1.26 bits per heavy atom. The molecule has 3 rings (SSSR count). The number of nitrogens with zero attached hydrogens (tertiary/aromatic N) is 2. The Labute approximate surface area is 165 Å². The van der Waals surface area contributed by atoms with Crippen LogP contribution in [0.5, 0.6) is 5.75 Å². The standard InChI is InChI=1S/C21H26ClN3O2/c1-15-12-17(16(2)25(15)19-6-4-3-5-7-19)13-23-24-21(26)14-27-20-10-8-18(22)9-11-20/h8-13,19H,3-7,14H2,1-2H3,(H,24,26)/b23-13-. The number of hydrogen-bond acceptors (Lipinski definition) is 3. The number of benzene rings is 1. The molecule has 1 aromatic heterocycles. The number of rotatable bonds is 6. The summed E-state index contributed by atoms with van der Waals surface area (Å²) in [7, 11) is 0. The van der Waals surface area contributed by atoms with Crippen LogP contribution < -0.4 is 10.2 Å². The normalized spacial score (nSPS) is 15.2. The quantitative estimate of drug-likeness (QED) is 0.572. The SMILES string of the molecule is Cc1cc(/C=N\NC(=O)COc2ccc(Cl)cc2)c(C)n1C1CCCCC1. The first kappa shape index (κ1) is 19.5. The molecular weight excluding hydrogens is 362 g/mol. The second kappa shape index (κ2) is 9.09. The molecule has 1 N–H and O–H groups in total. The zero-order valence-electron chi connectivity index (χ0n) is 15.9. The van der Waals surface area contributed by atoms with Crippen molar-refractivity contribution >= 4 is 23.7 Å². The number of carbonyl (C=O) groups excluding carboxylic acids is 1. The highest BCUT2D eigenvalue weighted by molar-refractivity contribution is 6.30. The summed E-state index contributed by atoms with van der Waals surface area (Å²) in [6.07, 6.45) is 8.14. The third kappa shape index (κ3) is 5.13. The summed E-state index contributed by atoms with van der Waals surface area (Å²) in [5, 5.41) is 4.72. The zero-order valence-corrected chi connectivity index (χ0v) is 16.6. The molecule has 0 saturated heterocycles. The molecule has 0 aliphatic heterocycles. The highest BCUT2D eigenvalue weighted by atomic mass is 35.5. The van der Waals surface area contributed by atoms with Gasteiger partial charge in [-0.25, -0.2) is 5.43 Å². The van der Waals surface area contributed by atoms with Crippen molar-refractivity contribution in [3.05, 3.63) is 52.3 Å². The van der Waals surface area contributed by atoms with Gasteiger partial charge in [0.15, 0.2) is 6.61 Å². The van der Waals surface area contributed by atoms with E-state index in [1.54, 1.807) is 30.5 Å². The summed E-state index contributed by atoms with van der Waals surface area (Å²) in [6, 6.07) is 9.59.